The Kier molecular flexibility index (Phi) is 5.20. The van der Waals surface area contributed by atoms with Crippen LogP contribution in [-0.4, -0.2) is 63.2 Å². The van der Waals surface area contributed by atoms with Crippen LogP contribution in [0.25, 0.3) is 0 Å². The van der Waals surface area contributed by atoms with E-state index in [-0.39, 0.29) is 11.6 Å². The van der Waals surface area contributed by atoms with E-state index in [1.165, 1.54) is 11.1 Å². The Morgan fingerprint density at radius 3 is 2.32 bits per heavy atom. The van der Waals surface area contributed by atoms with Crippen molar-refractivity contribution in [1.82, 2.24) is 30.0 Å². The van der Waals surface area contributed by atoms with Crippen molar-refractivity contribution in [2.75, 3.05) is 33.2 Å². The number of tetrazole rings is 1. The van der Waals surface area contributed by atoms with Crippen LogP contribution in [0.2, 0.25) is 0 Å². The number of benzene rings is 1. The molecule has 0 spiro atoms. The van der Waals surface area contributed by atoms with E-state index in [0.717, 1.165) is 38.4 Å². The minimum absolute atomic E-state index is 0.0927. The second-order valence-electron chi connectivity index (χ2n) is 7.77. The maximum Gasteiger partial charge on any atom is 0.173 e. The second kappa shape index (κ2) is 7.22. The number of likely N-dealkylation sites (N-methyl/N-ethyl adjacent to an activating group) is 1. The van der Waals surface area contributed by atoms with Gasteiger partial charge in [0.15, 0.2) is 5.82 Å². The molecule has 1 aromatic carbocycles. The fourth-order valence-electron chi connectivity index (χ4n) is 3.30. The number of aromatic nitrogens is 4. The van der Waals surface area contributed by atoms with Crippen LogP contribution >= 0.6 is 0 Å². The van der Waals surface area contributed by atoms with E-state index < -0.39 is 0 Å². The summed E-state index contributed by atoms with van der Waals surface area (Å²) in [7, 11) is 2.18. The van der Waals surface area contributed by atoms with Gasteiger partial charge in [0.1, 0.15) is 0 Å². The van der Waals surface area contributed by atoms with Crippen molar-refractivity contribution in [3.8, 4) is 0 Å². The molecule has 1 aliphatic rings. The predicted molar refractivity (Wildman–Crippen MR) is 99.5 cm³/mol. The standard InChI is InChI=1S/C19H30N6/c1-6-19(3,4)25-18(20-21-22-25)17(16-9-7-15(2)8-10-16)24-13-11-23(5)12-14-24/h7-10,17H,6,11-14H2,1-5H3. The van der Waals surface area contributed by atoms with Gasteiger partial charge < -0.3 is 4.90 Å². The zero-order valence-corrected chi connectivity index (χ0v) is 16.1. The van der Waals surface area contributed by atoms with Crippen LogP contribution in [0, 0.1) is 6.92 Å². The first-order valence-corrected chi connectivity index (χ1v) is 9.20. The van der Waals surface area contributed by atoms with Crippen molar-refractivity contribution in [3.63, 3.8) is 0 Å². The maximum atomic E-state index is 4.47. The molecular weight excluding hydrogens is 312 g/mol. The summed E-state index contributed by atoms with van der Waals surface area (Å²) in [5.74, 6) is 0.945. The predicted octanol–water partition coefficient (Wildman–Crippen LogP) is 2.46. The molecule has 1 aliphatic heterocycles. The first-order valence-electron chi connectivity index (χ1n) is 9.20. The molecule has 6 nitrogen and oxygen atoms in total. The molecule has 1 aromatic heterocycles. The summed E-state index contributed by atoms with van der Waals surface area (Å²) in [6.45, 7) is 12.9. The van der Waals surface area contributed by atoms with Crippen molar-refractivity contribution < 1.29 is 0 Å². The highest BCUT2D eigenvalue weighted by atomic mass is 15.6. The minimum atomic E-state index is -0.103. The summed E-state index contributed by atoms with van der Waals surface area (Å²) in [6, 6.07) is 8.89. The lowest BCUT2D eigenvalue weighted by Gasteiger charge is -2.38. The number of nitrogens with zero attached hydrogens (tertiary/aromatic N) is 6. The summed E-state index contributed by atoms with van der Waals surface area (Å²) in [6.07, 6.45) is 0.981. The quantitative estimate of drug-likeness (QED) is 0.835. The molecule has 0 bridgehead atoms. The average molecular weight is 342 g/mol. The maximum absolute atomic E-state index is 4.47. The second-order valence-corrected chi connectivity index (χ2v) is 7.77. The molecule has 0 N–H and O–H groups in total. The third kappa shape index (κ3) is 3.75. The highest BCUT2D eigenvalue weighted by Gasteiger charge is 2.33. The van der Waals surface area contributed by atoms with Gasteiger partial charge in [-0.05, 0) is 50.2 Å². The Bertz CT molecular complexity index is 682. The van der Waals surface area contributed by atoms with Crippen molar-refractivity contribution in [2.24, 2.45) is 0 Å². The molecule has 3 rings (SSSR count). The Morgan fingerprint density at radius 1 is 1.08 bits per heavy atom. The SMILES string of the molecule is CCC(C)(C)n1nnnc1C(c1ccc(C)cc1)N1CCN(C)CC1. The molecule has 0 saturated carbocycles. The zero-order chi connectivity index (χ0) is 18.0. The molecule has 2 aromatic rings. The molecule has 25 heavy (non-hydrogen) atoms. The van der Waals surface area contributed by atoms with Gasteiger partial charge in [-0.2, -0.15) is 0 Å². The highest BCUT2D eigenvalue weighted by molar-refractivity contribution is 5.28. The largest absolute Gasteiger partial charge is 0.304 e. The van der Waals surface area contributed by atoms with Crippen LogP contribution < -0.4 is 0 Å². The Balaban J connectivity index is 2.03. The molecule has 1 unspecified atom stereocenters. The lowest BCUT2D eigenvalue weighted by molar-refractivity contribution is 0.117. The highest BCUT2D eigenvalue weighted by Crippen LogP contribution is 2.31. The van der Waals surface area contributed by atoms with Gasteiger partial charge in [0.25, 0.3) is 0 Å². The topological polar surface area (TPSA) is 50.1 Å². The minimum Gasteiger partial charge on any atom is -0.304 e. The molecule has 1 atom stereocenters. The van der Waals surface area contributed by atoms with Crippen LogP contribution in [0.3, 0.4) is 0 Å². The molecule has 1 fully saturated rings. The molecule has 0 aliphatic carbocycles. The van der Waals surface area contributed by atoms with Gasteiger partial charge in [-0.3, -0.25) is 4.90 Å². The Hall–Kier alpha value is -1.79. The number of hydrogen-bond acceptors (Lipinski definition) is 5. The van der Waals surface area contributed by atoms with E-state index in [2.05, 4.69) is 84.3 Å². The summed E-state index contributed by atoms with van der Waals surface area (Å²) < 4.78 is 2.02. The lowest BCUT2D eigenvalue weighted by Crippen LogP contribution is -2.47. The van der Waals surface area contributed by atoms with E-state index >= 15 is 0 Å². The van der Waals surface area contributed by atoms with Crippen molar-refractivity contribution in [3.05, 3.63) is 41.2 Å². The van der Waals surface area contributed by atoms with Gasteiger partial charge >= 0.3 is 0 Å². The van der Waals surface area contributed by atoms with Crippen molar-refractivity contribution >= 4 is 0 Å². The average Bonchev–Trinajstić information content (AvgIpc) is 3.09. The normalized spacial score (nSPS) is 18.4. The van der Waals surface area contributed by atoms with Gasteiger partial charge in [0.05, 0.1) is 11.6 Å². The molecule has 2 heterocycles. The number of piperazine rings is 1. The zero-order valence-electron chi connectivity index (χ0n) is 16.1. The molecule has 0 radical (unpaired) electrons. The van der Waals surface area contributed by atoms with Crippen LogP contribution in [-0.2, 0) is 5.54 Å². The molecule has 1 saturated heterocycles. The number of hydrogen-bond donors (Lipinski definition) is 0. The summed E-state index contributed by atoms with van der Waals surface area (Å²) in [5, 5.41) is 12.9. The monoisotopic (exact) mass is 342 g/mol. The Morgan fingerprint density at radius 2 is 1.72 bits per heavy atom. The van der Waals surface area contributed by atoms with Gasteiger partial charge in [0, 0.05) is 26.2 Å². The van der Waals surface area contributed by atoms with E-state index in [4.69, 9.17) is 0 Å². The molecule has 0 amide bonds. The van der Waals surface area contributed by atoms with Gasteiger partial charge in [-0.25, -0.2) is 4.68 Å². The van der Waals surface area contributed by atoms with Gasteiger partial charge in [0.2, 0.25) is 0 Å². The van der Waals surface area contributed by atoms with E-state index in [1.807, 2.05) is 4.68 Å². The first-order chi connectivity index (χ1) is 11.9. The van der Waals surface area contributed by atoms with E-state index in [1.54, 1.807) is 0 Å². The Labute approximate surface area is 150 Å². The molecule has 6 heteroatoms. The van der Waals surface area contributed by atoms with Gasteiger partial charge in [-0.15, -0.1) is 5.10 Å². The van der Waals surface area contributed by atoms with E-state index in [9.17, 15) is 0 Å². The van der Waals surface area contributed by atoms with Crippen LogP contribution in [0.5, 0.6) is 0 Å². The third-order valence-electron chi connectivity index (χ3n) is 5.47. The third-order valence-corrected chi connectivity index (χ3v) is 5.47. The lowest BCUT2D eigenvalue weighted by atomic mass is 9.98. The van der Waals surface area contributed by atoms with Crippen molar-refractivity contribution in [2.45, 2.75) is 45.7 Å². The van der Waals surface area contributed by atoms with E-state index in [0.29, 0.717) is 0 Å². The van der Waals surface area contributed by atoms with Gasteiger partial charge in [-0.1, -0.05) is 36.8 Å². The summed E-state index contributed by atoms with van der Waals surface area (Å²) in [4.78, 5) is 4.89. The van der Waals surface area contributed by atoms with Crippen LogP contribution in [0.15, 0.2) is 24.3 Å². The summed E-state index contributed by atoms with van der Waals surface area (Å²) in [5.41, 5.74) is 2.43. The smallest absolute Gasteiger partial charge is 0.173 e. The summed E-state index contributed by atoms with van der Waals surface area (Å²) >= 11 is 0. The number of aryl methyl sites for hydroxylation is 1. The fourth-order valence-corrected chi connectivity index (χ4v) is 3.30. The molecule has 136 valence electrons. The molecular formula is C19H30N6. The van der Waals surface area contributed by atoms with Crippen molar-refractivity contribution in [1.29, 1.82) is 0 Å². The van der Waals surface area contributed by atoms with Crippen LogP contribution in [0.4, 0.5) is 0 Å². The fraction of sp³-hybridized carbons (Fsp3) is 0.632. The first kappa shape index (κ1) is 18.0. The number of rotatable bonds is 5. The van der Waals surface area contributed by atoms with Crippen LogP contribution in [0.1, 0.15) is 50.2 Å².